The number of rotatable bonds is 4. The molecular formula is C27H24N2O3. The monoisotopic (exact) mass is 424 g/mol. The summed E-state index contributed by atoms with van der Waals surface area (Å²) in [6.07, 6.45) is 1.41. The van der Waals surface area contributed by atoms with Crippen LogP contribution in [-0.2, 0) is 4.79 Å². The number of amides is 1. The summed E-state index contributed by atoms with van der Waals surface area (Å²) >= 11 is 0. The second-order valence-electron chi connectivity index (χ2n) is 8.32. The topological polar surface area (TPSA) is 60.9 Å². The van der Waals surface area contributed by atoms with Gasteiger partial charge >= 0.3 is 5.97 Å². The molecule has 0 spiro atoms. The number of aryl methyl sites for hydroxylation is 1. The number of hydrogen-bond donors (Lipinski definition) is 1. The van der Waals surface area contributed by atoms with E-state index in [-0.39, 0.29) is 17.5 Å². The Bertz CT molecular complexity index is 1200. The van der Waals surface area contributed by atoms with Gasteiger partial charge in [-0.25, -0.2) is 4.79 Å². The standard InChI is InChI=1S/C27H24N2O3/c1-18-7-11-21(12-8-18)28-16-15-23-25(28)17-24(19-5-3-2-4-6-19)29(26(23)30)22-13-9-20(10-14-22)27(31)32/h2-14,24H,15-17H2,1H3,(H,31,32). The van der Waals surface area contributed by atoms with Crippen LogP contribution in [0.15, 0.2) is 90.1 Å². The van der Waals surface area contributed by atoms with Crippen LogP contribution >= 0.6 is 0 Å². The predicted molar refractivity (Wildman–Crippen MR) is 125 cm³/mol. The average Bonchev–Trinajstić information content (AvgIpc) is 3.24. The number of carboxylic acid groups (broad SMARTS) is 1. The average molecular weight is 425 g/mol. The van der Waals surface area contributed by atoms with Crippen LogP contribution in [0, 0.1) is 6.92 Å². The smallest absolute Gasteiger partial charge is 0.335 e. The maximum absolute atomic E-state index is 13.8. The van der Waals surface area contributed by atoms with Crippen LogP contribution in [0.3, 0.4) is 0 Å². The van der Waals surface area contributed by atoms with Crippen molar-refractivity contribution in [2.75, 3.05) is 16.3 Å². The largest absolute Gasteiger partial charge is 0.478 e. The molecule has 5 heteroatoms. The molecule has 2 aliphatic heterocycles. The molecule has 1 atom stereocenters. The second kappa shape index (κ2) is 8.00. The molecule has 0 aliphatic carbocycles. The van der Waals surface area contributed by atoms with Gasteiger partial charge in [0.1, 0.15) is 0 Å². The minimum atomic E-state index is -0.976. The Labute approximate surface area is 187 Å². The maximum atomic E-state index is 13.8. The van der Waals surface area contributed by atoms with Gasteiger partial charge < -0.3 is 14.9 Å². The summed E-state index contributed by atoms with van der Waals surface area (Å²) in [6, 6.07) is 24.9. The van der Waals surface area contributed by atoms with Crippen molar-refractivity contribution >= 4 is 23.3 Å². The van der Waals surface area contributed by atoms with Crippen LogP contribution in [-0.4, -0.2) is 23.5 Å². The Hall–Kier alpha value is -3.86. The van der Waals surface area contributed by atoms with Crippen LogP contribution in [0.25, 0.3) is 0 Å². The highest BCUT2D eigenvalue weighted by molar-refractivity contribution is 6.09. The molecular weight excluding hydrogens is 400 g/mol. The van der Waals surface area contributed by atoms with E-state index in [0.29, 0.717) is 18.5 Å². The van der Waals surface area contributed by atoms with Crippen LogP contribution in [0.2, 0.25) is 0 Å². The highest BCUT2D eigenvalue weighted by atomic mass is 16.4. The molecule has 0 saturated carbocycles. The first-order valence-electron chi connectivity index (χ1n) is 10.8. The zero-order chi connectivity index (χ0) is 22.2. The first kappa shape index (κ1) is 20.1. The molecule has 160 valence electrons. The van der Waals surface area contributed by atoms with Gasteiger partial charge in [-0.15, -0.1) is 0 Å². The number of nitrogens with zero attached hydrogens (tertiary/aromatic N) is 2. The number of aromatic carboxylic acids is 1. The van der Waals surface area contributed by atoms with E-state index in [0.717, 1.165) is 29.1 Å². The normalized spacial score (nSPS) is 18.2. The van der Waals surface area contributed by atoms with Crippen molar-refractivity contribution in [2.24, 2.45) is 0 Å². The molecule has 1 unspecified atom stereocenters. The number of carbonyl (C=O) groups is 2. The molecule has 0 saturated heterocycles. The molecule has 0 aromatic heterocycles. The van der Waals surface area contributed by atoms with Gasteiger partial charge in [0, 0.05) is 35.6 Å². The first-order valence-corrected chi connectivity index (χ1v) is 10.8. The third-order valence-corrected chi connectivity index (χ3v) is 6.36. The number of benzene rings is 3. The van der Waals surface area contributed by atoms with E-state index >= 15 is 0 Å². The van der Waals surface area contributed by atoms with Crippen LogP contribution in [0.1, 0.15) is 40.4 Å². The van der Waals surface area contributed by atoms with E-state index in [1.807, 2.05) is 35.2 Å². The number of carboxylic acids is 1. The molecule has 0 radical (unpaired) electrons. The van der Waals surface area contributed by atoms with Gasteiger partial charge in [0.25, 0.3) is 5.91 Å². The van der Waals surface area contributed by atoms with Crippen molar-refractivity contribution < 1.29 is 14.7 Å². The van der Waals surface area contributed by atoms with Gasteiger partial charge in [0.05, 0.1) is 11.6 Å². The zero-order valence-corrected chi connectivity index (χ0v) is 17.9. The lowest BCUT2D eigenvalue weighted by Crippen LogP contribution is -2.40. The quantitative estimate of drug-likeness (QED) is 0.615. The Morgan fingerprint density at radius 2 is 1.56 bits per heavy atom. The minimum absolute atomic E-state index is 0.00205. The molecule has 0 bridgehead atoms. The SMILES string of the molecule is Cc1ccc(N2CCC3=C2CC(c2ccccc2)N(c2ccc(C(=O)O)cc2)C3=O)cc1. The molecule has 1 amide bonds. The van der Waals surface area contributed by atoms with Crippen LogP contribution in [0.5, 0.6) is 0 Å². The molecule has 32 heavy (non-hydrogen) atoms. The van der Waals surface area contributed by atoms with E-state index in [1.54, 1.807) is 24.3 Å². The van der Waals surface area contributed by atoms with Gasteiger partial charge in [-0.1, -0.05) is 48.0 Å². The first-order chi connectivity index (χ1) is 15.5. The molecule has 5 nitrogen and oxygen atoms in total. The van der Waals surface area contributed by atoms with Crippen LogP contribution < -0.4 is 9.80 Å². The van der Waals surface area contributed by atoms with Crippen molar-refractivity contribution in [1.82, 2.24) is 0 Å². The fourth-order valence-corrected chi connectivity index (χ4v) is 4.70. The molecule has 3 aromatic carbocycles. The Balaban J connectivity index is 1.58. The van der Waals surface area contributed by atoms with Crippen molar-refractivity contribution in [1.29, 1.82) is 0 Å². The lowest BCUT2D eigenvalue weighted by Gasteiger charge is -2.38. The highest BCUT2D eigenvalue weighted by Gasteiger charge is 2.40. The lowest BCUT2D eigenvalue weighted by molar-refractivity contribution is -0.116. The zero-order valence-electron chi connectivity index (χ0n) is 17.9. The van der Waals surface area contributed by atoms with Gasteiger partial charge in [-0.2, -0.15) is 0 Å². The molecule has 2 aliphatic rings. The van der Waals surface area contributed by atoms with Gasteiger partial charge in [-0.3, -0.25) is 4.79 Å². The molecule has 2 heterocycles. The molecule has 3 aromatic rings. The molecule has 0 fully saturated rings. The van der Waals surface area contributed by atoms with Gasteiger partial charge in [-0.05, 0) is 55.3 Å². The minimum Gasteiger partial charge on any atom is -0.478 e. The third kappa shape index (κ3) is 3.46. The van der Waals surface area contributed by atoms with Gasteiger partial charge in [0.15, 0.2) is 0 Å². The van der Waals surface area contributed by atoms with E-state index in [2.05, 4.69) is 36.1 Å². The van der Waals surface area contributed by atoms with Gasteiger partial charge in [0.2, 0.25) is 0 Å². The fourth-order valence-electron chi connectivity index (χ4n) is 4.70. The molecule has 1 N–H and O–H groups in total. The number of hydrogen-bond acceptors (Lipinski definition) is 3. The number of carbonyl (C=O) groups excluding carboxylic acids is 1. The Morgan fingerprint density at radius 3 is 2.22 bits per heavy atom. The fraction of sp³-hybridized carbons (Fsp3) is 0.185. The van der Waals surface area contributed by atoms with Crippen molar-refractivity contribution in [3.63, 3.8) is 0 Å². The Morgan fingerprint density at radius 1 is 0.906 bits per heavy atom. The van der Waals surface area contributed by atoms with Crippen LogP contribution in [0.4, 0.5) is 11.4 Å². The van der Waals surface area contributed by atoms with E-state index in [4.69, 9.17) is 0 Å². The van der Waals surface area contributed by atoms with Crippen molar-refractivity contribution in [3.8, 4) is 0 Å². The molecule has 5 rings (SSSR count). The maximum Gasteiger partial charge on any atom is 0.335 e. The summed E-state index contributed by atoms with van der Waals surface area (Å²) < 4.78 is 0. The van der Waals surface area contributed by atoms with E-state index < -0.39 is 5.97 Å². The predicted octanol–water partition coefficient (Wildman–Crippen LogP) is 5.34. The summed E-state index contributed by atoms with van der Waals surface area (Å²) in [5.41, 5.74) is 6.24. The summed E-state index contributed by atoms with van der Waals surface area (Å²) in [6.45, 7) is 2.86. The lowest BCUT2D eigenvalue weighted by atomic mass is 9.92. The highest BCUT2D eigenvalue weighted by Crippen LogP contribution is 2.44. The Kier molecular flexibility index (Phi) is 5.02. The van der Waals surface area contributed by atoms with E-state index in [1.165, 1.54) is 5.56 Å². The summed E-state index contributed by atoms with van der Waals surface area (Å²) in [4.78, 5) is 29.2. The summed E-state index contributed by atoms with van der Waals surface area (Å²) in [7, 11) is 0. The third-order valence-electron chi connectivity index (χ3n) is 6.36. The van der Waals surface area contributed by atoms with Crippen molar-refractivity contribution in [2.45, 2.75) is 25.8 Å². The summed E-state index contributed by atoms with van der Waals surface area (Å²) in [5.74, 6) is -0.978. The summed E-state index contributed by atoms with van der Waals surface area (Å²) in [5, 5.41) is 9.25. The van der Waals surface area contributed by atoms with E-state index in [9.17, 15) is 14.7 Å². The second-order valence-corrected chi connectivity index (χ2v) is 8.32. The van der Waals surface area contributed by atoms with Crippen molar-refractivity contribution in [3.05, 3.63) is 107 Å². The number of anilines is 2.